The molecule has 27 heavy (non-hydrogen) atoms. The van der Waals surface area contributed by atoms with Gasteiger partial charge in [-0.2, -0.15) is 0 Å². The Kier molecular flexibility index (Phi) is 4.59. The second kappa shape index (κ2) is 6.92. The van der Waals surface area contributed by atoms with Crippen molar-refractivity contribution in [1.82, 2.24) is 15.1 Å². The second-order valence-electron chi connectivity index (χ2n) is 7.05. The van der Waals surface area contributed by atoms with Crippen LogP contribution >= 0.6 is 0 Å². The number of nitrogens with zero attached hydrogens (tertiary/aromatic N) is 2. The third-order valence-electron chi connectivity index (χ3n) is 5.24. The van der Waals surface area contributed by atoms with Gasteiger partial charge in [-0.1, -0.05) is 6.07 Å². The van der Waals surface area contributed by atoms with Crippen LogP contribution in [0.25, 0.3) is 0 Å². The Morgan fingerprint density at radius 2 is 1.93 bits per heavy atom. The molecule has 2 heterocycles. The van der Waals surface area contributed by atoms with Gasteiger partial charge in [-0.05, 0) is 25.8 Å². The SMILES string of the molecule is CC1=C(C(=O)N2CCOCC2)C(c2ccc(F)cc2F)NC(=O)N1C1CC1. The largest absolute Gasteiger partial charge is 0.378 e. The molecule has 144 valence electrons. The first-order valence-corrected chi connectivity index (χ1v) is 9.10. The Labute approximate surface area is 155 Å². The summed E-state index contributed by atoms with van der Waals surface area (Å²) in [5.74, 6) is -1.75. The van der Waals surface area contributed by atoms with Crippen LogP contribution in [0.3, 0.4) is 0 Å². The molecule has 3 amide bonds. The highest BCUT2D eigenvalue weighted by Gasteiger charge is 2.43. The molecule has 1 unspecified atom stereocenters. The molecule has 6 nitrogen and oxygen atoms in total. The number of amides is 3. The molecule has 0 bridgehead atoms. The standard InChI is InChI=1S/C19H21F2N3O3/c1-11-16(18(25)23-6-8-27-9-7-23)17(14-5-2-12(20)10-15(14)21)22-19(26)24(11)13-3-4-13/h2,5,10,13,17H,3-4,6-9H2,1H3,(H,22,26). The van der Waals surface area contributed by atoms with E-state index in [1.807, 2.05) is 0 Å². The van der Waals surface area contributed by atoms with Crippen LogP contribution < -0.4 is 5.32 Å². The maximum Gasteiger partial charge on any atom is 0.322 e. The molecule has 1 N–H and O–H groups in total. The smallest absolute Gasteiger partial charge is 0.322 e. The van der Waals surface area contributed by atoms with Crippen LogP contribution in [0.1, 0.15) is 31.4 Å². The molecule has 1 aliphatic carbocycles. The molecule has 0 aromatic heterocycles. The highest BCUT2D eigenvalue weighted by atomic mass is 19.1. The molecule has 1 atom stereocenters. The van der Waals surface area contributed by atoms with Gasteiger partial charge in [0.05, 0.1) is 24.8 Å². The number of hydrogen-bond donors (Lipinski definition) is 1. The van der Waals surface area contributed by atoms with E-state index in [1.54, 1.807) is 16.7 Å². The minimum Gasteiger partial charge on any atom is -0.378 e. The summed E-state index contributed by atoms with van der Waals surface area (Å²) in [5.41, 5.74) is 0.941. The van der Waals surface area contributed by atoms with Crippen molar-refractivity contribution < 1.29 is 23.1 Å². The highest BCUT2D eigenvalue weighted by Crippen LogP contribution is 2.38. The lowest BCUT2D eigenvalue weighted by molar-refractivity contribution is -0.131. The molecule has 1 saturated heterocycles. The lowest BCUT2D eigenvalue weighted by Crippen LogP contribution is -2.52. The summed E-state index contributed by atoms with van der Waals surface area (Å²) in [6.45, 7) is 3.47. The summed E-state index contributed by atoms with van der Waals surface area (Å²) < 4.78 is 33.1. The average molecular weight is 377 g/mol. The molecule has 0 spiro atoms. The number of morpholine rings is 1. The minimum atomic E-state index is -0.955. The molecule has 2 aliphatic heterocycles. The maximum absolute atomic E-state index is 14.5. The van der Waals surface area contributed by atoms with Crippen molar-refractivity contribution in [3.63, 3.8) is 0 Å². The van der Waals surface area contributed by atoms with E-state index in [0.717, 1.165) is 25.0 Å². The van der Waals surface area contributed by atoms with E-state index in [1.165, 1.54) is 6.07 Å². The molecule has 1 aromatic carbocycles. The van der Waals surface area contributed by atoms with Crippen LogP contribution in [0.4, 0.5) is 13.6 Å². The predicted molar refractivity (Wildman–Crippen MR) is 92.6 cm³/mol. The molecule has 8 heteroatoms. The number of allylic oxidation sites excluding steroid dienone is 1. The van der Waals surface area contributed by atoms with E-state index in [-0.39, 0.29) is 23.5 Å². The van der Waals surface area contributed by atoms with Crippen molar-refractivity contribution in [2.24, 2.45) is 0 Å². The van der Waals surface area contributed by atoms with Gasteiger partial charge >= 0.3 is 6.03 Å². The molecule has 3 aliphatic rings. The number of hydrogen-bond acceptors (Lipinski definition) is 3. The summed E-state index contributed by atoms with van der Waals surface area (Å²) in [6, 6.07) is 1.93. The van der Waals surface area contributed by atoms with Gasteiger partial charge in [0.1, 0.15) is 11.6 Å². The number of halogens is 2. The van der Waals surface area contributed by atoms with E-state index in [4.69, 9.17) is 4.74 Å². The van der Waals surface area contributed by atoms with E-state index < -0.39 is 17.7 Å². The van der Waals surface area contributed by atoms with Crippen LogP contribution in [0.15, 0.2) is 29.5 Å². The zero-order chi connectivity index (χ0) is 19.1. The molecule has 4 rings (SSSR count). The topological polar surface area (TPSA) is 61.9 Å². The van der Waals surface area contributed by atoms with Gasteiger partial charge in [-0.3, -0.25) is 9.69 Å². The number of urea groups is 1. The van der Waals surface area contributed by atoms with E-state index in [2.05, 4.69) is 5.32 Å². The van der Waals surface area contributed by atoms with Crippen molar-refractivity contribution in [2.45, 2.75) is 31.8 Å². The van der Waals surface area contributed by atoms with Crippen molar-refractivity contribution in [1.29, 1.82) is 0 Å². The number of carbonyl (C=O) groups excluding carboxylic acids is 2. The van der Waals surface area contributed by atoms with Crippen LogP contribution in [-0.2, 0) is 9.53 Å². The number of ether oxygens (including phenoxy) is 1. The molecule has 2 fully saturated rings. The normalized spacial score (nSPS) is 23.5. The van der Waals surface area contributed by atoms with Gasteiger partial charge in [0, 0.05) is 36.5 Å². The molecular weight excluding hydrogens is 356 g/mol. The van der Waals surface area contributed by atoms with E-state index in [0.29, 0.717) is 37.6 Å². The van der Waals surface area contributed by atoms with Crippen molar-refractivity contribution >= 4 is 11.9 Å². The fraction of sp³-hybridized carbons (Fsp3) is 0.474. The zero-order valence-corrected chi connectivity index (χ0v) is 15.0. The van der Waals surface area contributed by atoms with Crippen LogP contribution in [0.2, 0.25) is 0 Å². The summed E-state index contributed by atoms with van der Waals surface area (Å²) in [6.07, 6.45) is 1.75. The quantitative estimate of drug-likeness (QED) is 0.880. The summed E-state index contributed by atoms with van der Waals surface area (Å²) in [4.78, 5) is 29.1. The molecule has 1 aromatic rings. The Morgan fingerprint density at radius 3 is 2.56 bits per heavy atom. The highest BCUT2D eigenvalue weighted by molar-refractivity contribution is 5.98. The van der Waals surface area contributed by atoms with Gasteiger partial charge in [0.25, 0.3) is 5.91 Å². The number of carbonyl (C=O) groups is 2. The summed E-state index contributed by atoms with van der Waals surface area (Å²) in [5, 5.41) is 2.75. The van der Waals surface area contributed by atoms with Gasteiger partial charge in [-0.25, -0.2) is 13.6 Å². The van der Waals surface area contributed by atoms with Gasteiger partial charge in [0.2, 0.25) is 0 Å². The van der Waals surface area contributed by atoms with Crippen LogP contribution in [-0.4, -0.2) is 54.1 Å². The first-order valence-electron chi connectivity index (χ1n) is 9.10. The van der Waals surface area contributed by atoms with Crippen LogP contribution in [0, 0.1) is 11.6 Å². The first kappa shape index (κ1) is 17.9. The van der Waals surface area contributed by atoms with Gasteiger partial charge in [0.15, 0.2) is 0 Å². The van der Waals surface area contributed by atoms with Gasteiger partial charge in [-0.15, -0.1) is 0 Å². The first-order chi connectivity index (χ1) is 13.0. The van der Waals surface area contributed by atoms with Gasteiger partial charge < -0.3 is 15.0 Å². The number of benzene rings is 1. The number of nitrogens with one attached hydrogen (secondary N) is 1. The van der Waals surface area contributed by atoms with Crippen molar-refractivity contribution in [3.05, 3.63) is 46.7 Å². The van der Waals surface area contributed by atoms with E-state index >= 15 is 0 Å². The second-order valence-corrected chi connectivity index (χ2v) is 7.05. The molecule has 0 radical (unpaired) electrons. The lowest BCUT2D eigenvalue weighted by Gasteiger charge is -2.38. The molecule has 1 saturated carbocycles. The summed E-state index contributed by atoms with van der Waals surface area (Å²) in [7, 11) is 0. The zero-order valence-electron chi connectivity index (χ0n) is 15.0. The van der Waals surface area contributed by atoms with E-state index in [9.17, 15) is 18.4 Å². The lowest BCUT2D eigenvalue weighted by atomic mass is 9.93. The number of rotatable bonds is 3. The fourth-order valence-corrected chi connectivity index (χ4v) is 3.71. The molecular formula is C19H21F2N3O3. The Balaban J connectivity index is 1.78. The Bertz CT molecular complexity index is 816. The monoisotopic (exact) mass is 377 g/mol. The summed E-state index contributed by atoms with van der Waals surface area (Å²) >= 11 is 0. The van der Waals surface area contributed by atoms with Crippen molar-refractivity contribution in [3.8, 4) is 0 Å². The fourth-order valence-electron chi connectivity index (χ4n) is 3.71. The van der Waals surface area contributed by atoms with Crippen molar-refractivity contribution in [2.75, 3.05) is 26.3 Å². The maximum atomic E-state index is 14.5. The third kappa shape index (κ3) is 3.29. The Morgan fingerprint density at radius 1 is 1.22 bits per heavy atom. The van der Waals surface area contributed by atoms with Crippen LogP contribution in [0.5, 0.6) is 0 Å². The average Bonchev–Trinajstić information content (AvgIpc) is 3.46. The minimum absolute atomic E-state index is 0.0662. The third-order valence-corrected chi connectivity index (χ3v) is 5.24. The Hall–Kier alpha value is -2.48. The predicted octanol–water partition coefficient (Wildman–Crippen LogP) is 2.33.